The number of halogens is 1. The molecule has 6 nitrogen and oxygen atoms in total. The first-order valence-electron chi connectivity index (χ1n) is 10.2. The first-order chi connectivity index (χ1) is 14.1. The summed E-state index contributed by atoms with van der Waals surface area (Å²) in [6.07, 6.45) is 6.95. The molecule has 2 aliphatic carbocycles. The van der Waals surface area contributed by atoms with Gasteiger partial charge in [0.05, 0.1) is 5.75 Å². The van der Waals surface area contributed by atoms with Crippen molar-refractivity contribution in [3.05, 3.63) is 35.2 Å². The average Bonchev–Trinajstić information content (AvgIpc) is 3.45. The summed E-state index contributed by atoms with van der Waals surface area (Å²) in [6.45, 7) is 2.48. The zero-order valence-electron chi connectivity index (χ0n) is 16.6. The fourth-order valence-corrected chi connectivity index (χ4v) is 4.58. The lowest BCUT2D eigenvalue weighted by molar-refractivity contribution is -0.132. The molecule has 1 amide bonds. The van der Waals surface area contributed by atoms with Crippen LogP contribution in [0.1, 0.15) is 51.3 Å². The first kappa shape index (κ1) is 20.5. The molecule has 2 fully saturated rings. The maximum atomic E-state index is 12.9. The van der Waals surface area contributed by atoms with E-state index in [1.165, 1.54) is 24.6 Å². The van der Waals surface area contributed by atoms with Crippen molar-refractivity contribution < 1.29 is 13.9 Å². The number of benzene rings is 1. The van der Waals surface area contributed by atoms with Crippen molar-refractivity contribution in [1.82, 2.24) is 15.1 Å². The second kappa shape index (κ2) is 9.39. The molecule has 2 aliphatic rings. The van der Waals surface area contributed by atoms with Gasteiger partial charge < -0.3 is 14.1 Å². The number of aromatic nitrogens is 2. The lowest BCUT2D eigenvalue weighted by Gasteiger charge is -2.36. The summed E-state index contributed by atoms with van der Waals surface area (Å²) >= 11 is 7.17. The Morgan fingerprint density at radius 1 is 1.14 bits per heavy atom. The van der Waals surface area contributed by atoms with Crippen LogP contribution in [0.5, 0.6) is 5.75 Å². The number of amides is 1. The van der Waals surface area contributed by atoms with E-state index in [-0.39, 0.29) is 12.5 Å². The van der Waals surface area contributed by atoms with Crippen LogP contribution in [0.15, 0.2) is 33.9 Å². The number of rotatable bonds is 8. The van der Waals surface area contributed by atoms with Gasteiger partial charge in [0.1, 0.15) is 5.75 Å². The molecule has 1 aromatic heterocycles. The minimum absolute atomic E-state index is 0.178. The molecule has 0 atom stereocenters. The van der Waals surface area contributed by atoms with E-state index in [0.717, 1.165) is 31.6 Å². The minimum atomic E-state index is 0.178. The van der Waals surface area contributed by atoms with Gasteiger partial charge in [-0.2, -0.15) is 0 Å². The lowest BCUT2D eigenvalue weighted by Crippen LogP contribution is -2.44. The fraction of sp³-hybridized carbons (Fsp3) is 0.571. The van der Waals surface area contributed by atoms with Gasteiger partial charge in [-0.25, -0.2) is 0 Å². The monoisotopic (exact) mass is 435 g/mol. The third-order valence-corrected chi connectivity index (χ3v) is 6.61. The molecule has 2 saturated carbocycles. The van der Waals surface area contributed by atoms with Crippen LogP contribution in [-0.4, -0.2) is 38.8 Å². The van der Waals surface area contributed by atoms with Crippen LogP contribution in [0.2, 0.25) is 5.02 Å². The summed E-state index contributed by atoms with van der Waals surface area (Å²) in [4.78, 5) is 15.1. The molecular weight excluding hydrogens is 410 g/mol. The summed E-state index contributed by atoms with van der Waals surface area (Å²) in [5, 5.41) is 9.09. The Balaban J connectivity index is 1.27. The van der Waals surface area contributed by atoms with E-state index < -0.39 is 0 Å². The second-order valence-corrected chi connectivity index (χ2v) is 9.30. The molecule has 1 aromatic carbocycles. The third-order valence-electron chi connectivity index (χ3n) is 5.55. The van der Waals surface area contributed by atoms with Crippen LogP contribution < -0.4 is 4.74 Å². The summed E-state index contributed by atoms with van der Waals surface area (Å²) in [5.41, 5.74) is 0. The molecular formula is C21H26ClN3O3S. The number of hydrogen-bond acceptors (Lipinski definition) is 6. The Labute approximate surface area is 180 Å². The number of carbonyl (C=O) groups excluding carboxylic acids is 1. The maximum absolute atomic E-state index is 12.9. The van der Waals surface area contributed by atoms with Gasteiger partial charge in [-0.05, 0) is 68.7 Å². The Bertz CT molecular complexity index is 817. The van der Waals surface area contributed by atoms with E-state index >= 15 is 0 Å². The Morgan fingerprint density at radius 3 is 2.45 bits per heavy atom. The number of ether oxygens (including phenoxy) is 1. The second-order valence-electron chi connectivity index (χ2n) is 7.94. The van der Waals surface area contributed by atoms with Crippen molar-refractivity contribution in [2.45, 2.75) is 69.4 Å². The molecule has 156 valence electrons. The first-order valence-corrected chi connectivity index (χ1v) is 11.6. The molecule has 8 heteroatoms. The Morgan fingerprint density at radius 2 is 1.79 bits per heavy atom. The topological polar surface area (TPSA) is 68.5 Å². The standard InChI is InChI=1S/C21H26ClN3O3S/c1-14-2-6-16(7-3-14)25(17-8-9-17)20(26)13-29-21-24-23-19(28-21)12-27-18-10-4-15(22)5-11-18/h4-5,10-11,14,16-17H,2-3,6-9,12-13H2,1H3. The van der Waals surface area contributed by atoms with E-state index in [1.807, 2.05) is 0 Å². The number of hydrogen-bond donors (Lipinski definition) is 0. The maximum Gasteiger partial charge on any atom is 0.277 e. The van der Waals surface area contributed by atoms with Crippen LogP contribution in [0.25, 0.3) is 0 Å². The zero-order valence-corrected chi connectivity index (χ0v) is 18.1. The van der Waals surface area contributed by atoms with Gasteiger partial charge >= 0.3 is 0 Å². The highest BCUT2D eigenvalue weighted by Crippen LogP contribution is 2.36. The van der Waals surface area contributed by atoms with Crippen molar-refractivity contribution in [2.24, 2.45) is 5.92 Å². The summed E-state index contributed by atoms with van der Waals surface area (Å²) < 4.78 is 11.2. The normalized spacial score (nSPS) is 21.7. The molecule has 0 radical (unpaired) electrons. The highest BCUT2D eigenvalue weighted by molar-refractivity contribution is 7.99. The van der Waals surface area contributed by atoms with Gasteiger partial charge in [-0.15, -0.1) is 10.2 Å². The van der Waals surface area contributed by atoms with Crippen LogP contribution in [0, 0.1) is 5.92 Å². The van der Waals surface area contributed by atoms with Gasteiger partial charge in [-0.3, -0.25) is 4.79 Å². The Kier molecular flexibility index (Phi) is 6.65. The van der Waals surface area contributed by atoms with E-state index in [9.17, 15) is 4.79 Å². The van der Waals surface area contributed by atoms with Crippen LogP contribution in [-0.2, 0) is 11.4 Å². The van der Waals surface area contributed by atoms with Gasteiger partial charge in [0.15, 0.2) is 6.61 Å². The van der Waals surface area contributed by atoms with Crippen molar-refractivity contribution >= 4 is 29.3 Å². The van der Waals surface area contributed by atoms with Crippen molar-refractivity contribution in [3.8, 4) is 5.75 Å². The van der Waals surface area contributed by atoms with E-state index in [4.69, 9.17) is 20.8 Å². The third kappa shape index (κ3) is 5.66. The summed E-state index contributed by atoms with van der Waals surface area (Å²) in [7, 11) is 0. The van der Waals surface area contributed by atoms with Crippen molar-refractivity contribution in [1.29, 1.82) is 0 Å². The summed E-state index contributed by atoms with van der Waals surface area (Å²) in [6, 6.07) is 7.92. The molecule has 0 unspecified atom stereocenters. The molecule has 0 saturated heterocycles. The fourth-order valence-electron chi connectivity index (χ4n) is 3.81. The number of nitrogens with zero attached hydrogens (tertiary/aromatic N) is 3. The quantitative estimate of drug-likeness (QED) is 0.545. The molecule has 0 bridgehead atoms. The van der Waals surface area contributed by atoms with Crippen LogP contribution in [0.3, 0.4) is 0 Å². The molecule has 0 N–H and O–H groups in total. The lowest BCUT2D eigenvalue weighted by atomic mass is 9.86. The molecule has 0 aliphatic heterocycles. The molecule has 2 aromatic rings. The summed E-state index contributed by atoms with van der Waals surface area (Å²) in [5.74, 6) is 2.37. The van der Waals surface area contributed by atoms with Crippen molar-refractivity contribution in [2.75, 3.05) is 5.75 Å². The number of carbonyl (C=O) groups is 1. The molecule has 0 spiro atoms. The predicted octanol–water partition coefficient (Wildman–Crippen LogP) is 4.96. The van der Waals surface area contributed by atoms with Crippen LogP contribution >= 0.6 is 23.4 Å². The average molecular weight is 436 g/mol. The van der Waals surface area contributed by atoms with Crippen molar-refractivity contribution in [3.63, 3.8) is 0 Å². The molecule has 1 heterocycles. The molecule has 4 rings (SSSR count). The van der Waals surface area contributed by atoms with E-state index in [0.29, 0.717) is 39.7 Å². The molecule has 29 heavy (non-hydrogen) atoms. The minimum Gasteiger partial charge on any atom is -0.484 e. The number of thioether (sulfide) groups is 1. The van der Waals surface area contributed by atoms with E-state index in [2.05, 4.69) is 22.0 Å². The van der Waals surface area contributed by atoms with E-state index in [1.54, 1.807) is 24.3 Å². The largest absolute Gasteiger partial charge is 0.484 e. The van der Waals surface area contributed by atoms with Gasteiger partial charge in [-0.1, -0.05) is 30.3 Å². The SMILES string of the molecule is CC1CCC(N(C(=O)CSc2nnc(COc3ccc(Cl)cc3)o2)C2CC2)CC1. The zero-order chi connectivity index (χ0) is 20.2. The van der Waals surface area contributed by atoms with Crippen LogP contribution in [0.4, 0.5) is 0 Å². The van der Waals surface area contributed by atoms with Gasteiger partial charge in [0, 0.05) is 17.1 Å². The highest BCUT2D eigenvalue weighted by atomic mass is 35.5. The Hall–Kier alpha value is -1.73. The predicted molar refractivity (Wildman–Crippen MR) is 112 cm³/mol. The smallest absolute Gasteiger partial charge is 0.277 e. The van der Waals surface area contributed by atoms with Gasteiger partial charge in [0.25, 0.3) is 11.1 Å². The van der Waals surface area contributed by atoms with Gasteiger partial charge in [0.2, 0.25) is 5.91 Å². The highest BCUT2D eigenvalue weighted by Gasteiger charge is 2.38.